The topological polar surface area (TPSA) is 99.1 Å². The SMILES string of the molecule is COCC1CCN(C(=O)N[C@H](CCO)C(=O)O)C1. The van der Waals surface area contributed by atoms with Crippen molar-refractivity contribution in [2.45, 2.75) is 18.9 Å². The number of hydrogen-bond donors (Lipinski definition) is 3. The summed E-state index contributed by atoms with van der Waals surface area (Å²) in [5.74, 6) is -0.827. The van der Waals surface area contributed by atoms with E-state index in [9.17, 15) is 9.59 Å². The summed E-state index contributed by atoms with van der Waals surface area (Å²) >= 11 is 0. The molecule has 2 amide bonds. The van der Waals surface area contributed by atoms with Crippen molar-refractivity contribution in [1.82, 2.24) is 10.2 Å². The number of methoxy groups -OCH3 is 1. The summed E-state index contributed by atoms with van der Waals surface area (Å²) in [6.45, 7) is 1.50. The Morgan fingerprint density at radius 1 is 1.56 bits per heavy atom. The molecule has 7 nitrogen and oxygen atoms in total. The lowest BCUT2D eigenvalue weighted by molar-refractivity contribution is -0.139. The molecule has 0 spiro atoms. The van der Waals surface area contributed by atoms with Gasteiger partial charge in [0.25, 0.3) is 0 Å². The molecule has 7 heteroatoms. The lowest BCUT2D eigenvalue weighted by Gasteiger charge is -2.20. The molecule has 0 aromatic heterocycles. The number of amides is 2. The smallest absolute Gasteiger partial charge is 0.326 e. The minimum absolute atomic E-state index is 0.0103. The van der Waals surface area contributed by atoms with E-state index in [1.54, 1.807) is 12.0 Å². The van der Waals surface area contributed by atoms with Crippen molar-refractivity contribution in [2.75, 3.05) is 33.4 Å². The van der Waals surface area contributed by atoms with Crippen LogP contribution in [0.25, 0.3) is 0 Å². The number of nitrogens with one attached hydrogen (secondary N) is 1. The first kappa shape index (κ1) is 14.7. The zero-order chi connectivity index (χ0) is 13.5. The van der Waals surface area contributed by atoms with E-state index in [-0.39, 0.29) is 13.0 Å². The van der Waals surface area contributed by atoms with Gasteiger partial charge in [-0.25, -0.2) is 9.59 Å². The molecule has 1 heterocycles. The molecule has 0 bridgehead atoms. The highest BCUT2D eigenvalue weighted by molar-refractivity contribution is 5.82. The van der Waals surface area contributed by atoms with Gasteiger partial charge in [-0.05, 0) is 6.42 Å². The fourth-order valence-electron chi connectivity index (χ4n) is 2.02. The number of carbonyl (C=O) groups excluding carboxylic acids is 1. The number of hydrogen-bond acceptors (Lipinski definition) is 4. The van der Waals surface area contributed by atoms with E-state index in [1.807, 2.05) is 0 Å². The number of carbonyl (C=O) groups is 2. The standard InChI is InChI=1S/C11H20N2O5/c1-18-7-8-2-4-13(6-8)11(17)12-9(3-5-14)10(15)16/h8-9,14H,2-7H2,1H3,(H,12,17)(H,15,16)/t8?,9-/m1/s1. The zero-order valence-corrected chi connectivity index (χ0v) is 10.5. The Balaban J connectivity index is 2.42. The van der Waals surface area contributed by atoms with Crippen molar-refractivity contribution in [1.29, 1.82) is 0 Å². The molecule has 0 saturated carbocycles. The normalized spacial score (nSPS) is 20.8. The van der Waals surface area contributed by atoms with Gasteiger partial charge in [0.15, 0.2) is 0 Å². The number of likely N-dealkylation sites (tertiary alicyclic amines) is 1. The number of ether oxygens (including phenoxy) is 1. The Bertz CT molecular complexity index is 297. The second kappa shape index (κ2) is 7.17. The highest BCUT2D eigenvalue weighted by Crippen LogP contribution is 2.16. The van der Waals surface area contributed by atoms with Gasteiger partial charge >= 0.3 is 12.0 Å². The molecule has 1 unspecified atom stereocenters. The quantitative estimate of drug-likeness (QED) is 0.598. The van der Waals surface area contributed by atoms with Gasteiger partial charge in [-0.3, -0.25) is 0 Å². The van der Waals surface area contributed by atoms with Crippen molar-refractivity contribution in [3.8, 4) is 0 Å². The molecule has 1 saturated heterocycles. The van der Waals surface area contributed by atoms with Crippen LogP contribution in [-0.4, -0.2) is 66.6 Å². The van der Waals surface area contributed by atoms with Gasteiger partial charge in [-0.15, -0.1) is 0 Å². The van der Waals surface area contributed by atoms with Crippen molar-refractivity contribution >= 4 is 12.0 Å². The summed E-state index contributed by atoms with van der Waals surface area (Å²) in [7, 11) is 1.62. The largest absolute Gasteiger partial charge is 0.480 e. The van der Waals surface area contributed by atoms with Crippen LogP contribution in [0.4, 0.5) is 4.79 Å². The molecule has 18 heavy (non-hydrogen) atoms. The molecular weight excluding hydrogens is 240 g/mol. The second-order valence-electron chi connectivity index (χ2n) is 4.41. The maximum absolute atomic E-state index is 11.8. The molecule has 0 aromatic carbocycles. The number of aliphatic carboxylic acids is 1. The molecule has 1 aliphatic rings. The predicted octanol–water partition coefficient (Wildman–Crippen LogP) is -0.500. The van der Waals surface area contributed by atoms with Crippen LogP contribution in [-0.2, 0) is 9.53 Å². The maximum atomic E-state index is 11.8. The number of rotatable bonds is 6. The fraction of sp³-hybridized carbons (Fsp3) is 0.818. The van der Waals surface area contributed by atoms with E-state index >= 15 is 0 Å². The third-order valence-corrected chi connectivity index (χ3v) is 2.99. The molecule has 104 valence electrons. The summed E-state index contributed by atoms with van der Waals surface area (Å²) in [6.07, 6.45) is 0.870. The number of aliphatic hydroxyl groups is 1. The third kappa shape index (κ3) is 4.15. The van der Waals surface area contributed by atoms with Gasteiger partial charge in [0.1, 0.15) is 6.04 Å². The second-order valence-corrected chi connectivity index (χ2v) is 4.41. The summed E-state index contributed by atoms with van der Waals surface area (Å²) in [5.41, 5.74) is 0. The van der Waals surface area contributed by atoms with Crippen LogP contribution < -0.4 is 5.32 Å². The van der Waals surface area contributed by atoms with Gasteiger partial charge in [0.2, 0.25) is 0 Å². The first-order chi connectivity index (χ1) is 8.58. The van der Waals surface area contributed by atoms with Crippen LogP contribution in [0.15, 0.2) is 0 Å². The third-order valence-electron chi connectivity index (χ3n) is 2.99. The van der Waals surface area contributed by atoms with E-state index in [2.05, 4.69) is 5.32 Å². The number of urea groups is 1. The number of carboxylic acids is 1. The molecule has 3 N–H and O–H groups in total. The predicted molar refractivity (Wildman–Crippen MR) is 63.2 cm³/mol. The van der Waals surface area contributed by atoms with Crippen LogP contribution in [0.5, 0.6) is 0 Å². The average Bonchev–Trinajstić information content (AvgIpc) is 2.77. The molecule has 1 rings (SSSR count). The minimum Gasteiger partial charge on any atom is -0.480 e. The van der Waals surface area contributed by atoms with Crippen LogP contribution in [0.1, 0.15) is 12.8 Å². The molecule has 0 aliphatic carbocycles. The van der Waals surface area contributed by atoms with Gasteiger partial charge in [0.05, 0.1) is 6.61 Å². The van der Waals surface area contributed by atoms with Crippen molar-refractivity contribution < 1.29 is 24.5 Å². The Labute approximate surface area is 106 Å². The van der Waals surface area contributed by atoms with E-state index in [0.717, 1.165) is 6.42 Å². The molecule has 2 atom stereocenters. The lowest BCUT2D eigenvalue weighted by atomic mass is 10.1. The van der Waals surface area contributed by atoms with Gasteiger partial charge in [-0.2, -0.15) is 0 Å². The molecule has 1 aliphatic heterocycles. The Morgan fingerprint density at radius 2 is 2.28 bits per heavy atom. The van der Waals surface area contributed by atoms with Gasteiger partial charge in [-0.1, -0.05) is 0 Å². The van der Waals surface area contributed by atoms with Crippen molar-refractivity contribution in [3.63, 3.8) is 0 Å². The highest BCUT2D eigenvalue weighted by Gasteiger charge is 2.28. The Morgan fingerprint density at radius 3 is 2.83 bits per heavy atom. The zero-order valence-electron chi connectivity index (χ0n) is 10.5. The monoisotopic (exact) mass is 260 g/mol. The number of carboxylic acid groups (broad SMARTS) is 1. The van der Waals surface area contributed by atoms with Crippen LogP contribution >= 0.6 is 0 Å². The van der Waals surface area contributed by atoms with Crippen LogP contribution in [0.2, 0.25) is 0 Å². The van der Waals surface area contributed by atoms with Crippen molar-refractivity contribution in [2.24, 2.45) is 5.92 Å². The Hall–Kier alpha value is -1.34. The molecule has 0 radical (unpaired) electrons. The number of nitrogens with zero attached hydrogens (tertiary/aromatic N) is 1. The lowest BCUT2D eigenvalue weighted by Crippen LogP contribution is -2.47. The van der Waals surface area contributed by atoms with Crippen LogP contribution in [0.3, 0.4) is 0 Å². The molecular formula is C11H20N2O5. The maximum Gasteiger partial charge on any atom is 0.326 e. The first-order valence-corrected chi connectivity index (χ1v) is 5.96. The van der Waals surface area contributed by atoms with Crippen LogP contribution in [0, 0.1) is 5.92 Å². The molecule has 0 aromatic rings. The van der Waals surface area contributed by atoms with E-state index in [1.165, 1.54) is 0 Å². The van der Waals surface area contributed by atoms with Gasteiger partial charge < -0.3 is 25.2 Å². The highest BCUT2D eigenvalue weighted by atomic mass is 16.5. The summed E-state index contributed by atoms with van der Waals surface area (Å²) < 4.78 is 5.03. The molecule has 1 fully saturated rings. The average molecular weight is 260 g/mol. The summed E-state index contributed by atoms with van der Waals surface area (Å²) in [4.78, 5) is 24.2. The minimum atomic E-state index is -1.13. The van der Waals surface area contributed by atoms with Gasteiger partial charge in [0, 0.05) is 39.1 Å². The Kier molecular flexibility index (Phi) is 5.87. The van der Waals surface area contributed by atoms with E-state index < -0.39 is 18.0 Å². The summed E-state index contributed by atoms with van der Waals surface area (Å²) in [6, 6.07) is -1.43. The van der Waals surface area contributed by atoms with E-state index in [0.29, 0.717) is 25.6 Å². The number of aliphatic hydroxyl groups excluding tert-OH is 1. The van der Waals surface area contributed by atoms with Crippen molar-refractivity contribution in [3.05, 3.63) is 0 Å². The fourth-order valence-corrected chi connectivity index (χ4v) is 2.02. The first-order valence-electron chi connectivity index (χ1n) is 5.96. The van der Waals surface area contributed by atoms with E-state index in [4.69, 9.17) is 14.9 Å². The summed E-state index contributed by atoms with van der Waals surface area (Å²) in [5, 5.41) is 20.0.